The van der Waals surface area contributed by atoms with Crippen molar-refractivity contribution in [2.75, 3.05) is 20.8 Å². The SMILES string of the molecule is COc1cc2nccc(Oc3ccc(CC(=O)C4=NCC(C)=C(c5ccc(F)cc5C)C4=O)cc3)c2nc1OC. The van der Waals surface area contributed by atoms with Crippen LogP contribution in [0.2, 0.25) is 0 Å². The second-order valence-corrected chi connectivity index (χ2v) is 9.33. The van der Waals surface area contributed by atoms with Crippen LogP contribution in [0.25, 0.3) is 16.6 Å². The topological polar surface area (TPSA) is 100.0 Å². The lowest BCUT2D eigenvalue weighted by atomic mass is 9.87. The van der Waals surface area contributed by atoms with Crippen molar-refractivity contribution in [3.05, 3.63) is 88.9 Å². The van der Waals surface area contributed by atoms with Gasteiger partial charge >= 0.3 is 0 Å². The molecule has 1 aliphatic rings. The molecular weight excluding hydrogens is 513 g/mol. The van der Waals surface area contributed by atoms with E-state index in [1.54, 1.807) is 62.5 Å². The summed E-state index contributed by atoms with van der Waals surface area (Å²) in [5, 5.41) is 0. The van der Waals surface area contributed by atoms with Crippen molar-refractivity contribution in [3.8, 4) is 23.1 Å². The maximum Gasteiger partial charge on any atom is 0.257 e. The van der Waals surface area contributed by atoms with Gasteiger partial charge in [-0.15, -0.1) is 0 Å². The maximum absolute atomic E-state index is 13.6. The molecule has 0 radical (unpaired) electrons. The lowest BCUT2D eigenvalue weighted by molar-refractivity contribution is -0.114. The third kappa shape index (κ3) is 5.18. The number of ether oxygens (including phenoxy) is 3. The number of aryl methyl sites for hydroxylation is 1. The summed E-state index contributed by atoms with van der Waals surface area (Å²) in [6.45, 7) is 3.77. The highest BCUT2D eigenvalue weighted by atomic mass is 19.1. The van der Waals surface area contributed by atoms with Crippen molar-refractivity contribution >= 4 is 33.9 Å². The molecule has 0 N–H and O–H groups in total. The molecule has 0 amide bonds. The maximum atomic E-state index is 13.6. The summed E-state index contributed by atoms with van der Waals surface area (Å²) in [6, 6.07) is 14.7. The van der Waals surface area contributed by atoms with Crippen molar-refractivity contribution in [1.82, 2.24) is 9.97 Å². The molecule has 0 unspecified atom stereocenters. The number of aromatic nitrogens is 2. The smallest absolute Gasteiger partial charge is 0.257 e. The van der Waals surface area contributed by atoms with Crippen LogP contribution < -0.4 is 14.2 Å². The third-order valence-corrected chi connectivity index (χ3v) is 6.60. The molecule has 0 saturated carbocycles. The van der Waals surface area contributed by atoms with Crippen LogP contribution in [-0.4, -0.2) is 48.0 Å². The number of pyridine rings is 2. The summed E-state index contributed by atoms with van der Waals surface area (Å²) < 4.78 is 30.3. The molecule has 2 aromatic carbocycles. The van der Waals surface area contributed by atoms with E-state index in [1.165, 1.54) is 26.4 Å². The fraction of sp³-hybridized carbons (Fsp3) is 0.194. The summed E-state index contributed by atoms with van der Waals surface area (Å²) in [5.41, 5.74) is 4.07. The average Bonchev–Trinajstić information content (AvgIpc) is 2.94. The van der Waals surface area contributed by atoms with Crippen molar-refractivity contribution in [2.45, 2.75) is 20.3 Å². The van der Waals surface area contributed by atoms with Crippen LogP contribution in [0, 0.1) is 12.7 Å². The number of dihydropyridines is 1. The van der Waals surface area contributed by atoms with E-state index >= 15 is 0 Å². The van der Waals surface area contributed by atoms with Crippen LogP contribution in [0.4, 0.5) is 4.39 Å². The van der Waals surface area contributed by atoms with Crippen molar-refractivity contribution in [3.63, 3.8) is 0 Å². The number of carbonyl (C=O) groups excluding carboxylic acids is 2. The number of rotatable bonds is 8. The largest absolute Gasteiger partial charge is 0.491 e. The van der Waals surface area contributed by atoms with Gasteiger partial charge in [-0.3, -0.25) is 19.6 Å². The highest BCUT2D eigenvalue weighted by Gasteiger charge is 2.30. The van der Waals surface area contributed by atoms with Gasteiger partial charge in [0.15, 0.2) is 17.3 Å². The van der Waals surface area contributed by atoms with Gasteiger partial charge in [-0.25, -0.2) is 9.37 Å². The number of hydrogen-bond acceptors (Lipinski definition) is 8. The number of ketones is 2. The number of benzene rings is 2. The van der Waals surface area contributed by atoms with E-state index in [2.05, 4.69) is 15.0 Å². The highest BCUT2D eigenvalue weighted by molar-refractivity contribution is 6.74. The molecule has 9 heteroatoms. The fourth-order valence-corrected chi connectivity index (χ4v) is 4.59. The van der Waals surface area contributed by atoms with Crippen LogP contribution in [0.3, 0.4) is 0 Å². The van der Waals surface area contributed by atoms with E-state index in [1.807, 2.05) is 0 Å². The average molecular weight is 540 g/mol. The summed E-state index contributed by atoms with van der Waals surface area (Å²) in [5.74, 6) is 0.571. The number of Topliss-reactive ketones (excluding diaryl/α,β-unsaturated/α-hetero) is 2. The van der Waals surface area contributed by atoms with E-state index in [0.717, 1.165) is 5.57 Å². The normalized spacial score (nSPS) is 13.3. The van der Waals surface area contributed by atoms with Crippen molar-refractivity contribution in [2.24, 2.45) is 4.99 Å². The Bertz CT molecular complexity index is 1710. The number of fused-ring (bicyclic) bond motifs is 1. The number of halogens is 1. The first-order valence-corrected chi connectivity index (χ1v) is 12.5. The first-order valence-electron chi connectivity index (χ1n) is 12.5. The Balaban J connectivity index is 1.32. The summed E-state index contributed by atoms with van der Waals surface area (Å²) in [7, 11) is 3.03. The minimum Gasteiger partial charge on any atom is -0.491 e. The van der Waals surface area contributed by atoms with E-state index in [4.69, 9.17) is 14.2 Å². The molecule has 40 heavy (non-hydrogen) atoms. The predicted molar refractivity (Wildman–Crippen MR) is 149 cm³/mol. The van der Waals surface area contributed by atoms with Crippen LogP contribution in [0.5, 0.6) is 23.1 Å². The summed E-state index contributed by atoms with van der Waals surface area (Å²) >= 11 is 0. The zero-order valence-electron chi connectivity index (χ0n) is 22.4. The van der Waals surface area contributed by atoms with E-state index in [0.29, 0.717) is 56.4 Å². The van der Waals surface area contributed by atoms with Gasteiger partial charge in [0.2, 0.25) is 5.78 Å². The Labute approximate surface area is 230 Å². The Morgan fingerprint density at radius 2 is 1.75 bits per heavy atom. The molecule has 3 heterocycles. The minimum absolute atomic E-state index is 0.00365. The van der Waals surface area contributed by atoms with Gasteiger partial charge in [0.1, 0.15) is 22.8 Å². The second-order valence-electron chi connectivity index (χ2n) is 9.33. The zero-order valence-corrected chi connectivity index (χ0v) is 22.4. The van der Waals surface area contributed by atoms with Gasteiger partial charge in [0.25, 0.3) is 5.88 Å². The predicted octanol–water partition coefficient (Wildman–Crippen LogP) is 5.50. The Kier molecular flexibility index (Phi) is 7.37. The fourth-order valence-electron chi connectivity index (χ4n) is 4.59. The van der Waals surface area contributed by atoms with Crippen molar-refractivity contribution in [1.29, 1.82) is 0 Å². The number of aliphatic imine (C=N–C) groups is 1. The molecule has 1 aliphatic heterocycles. The van der Waals surface area contributed by atoms with Crippen LogP contribution in [-0.2, 0) is 16.0 Å². The standard InChI is InChI=1S/C31H26FN3O5/c1-17-13-20(32)7-10-22(17)27-18(2)16-34-29(30(27)37)24(36)14-19-5-8-21(9-6-19)40-25-11-12-33-23-15-26(38-3)31(39-4)35-28(23)25/h5-13,15H,14,16H2,1-4H3. The number of hydrogen-bond donors (Lipinski definition) is 0. The van der Waals surface area contributed by atoms with Crippen LogP contribution in [0.15, 0.2) is 71.4 Å². The van der Waals surface area contributed by atoms with Crippen LogP contribution in [0.1, 0.15) is 23.6 Å². The Morgan fingerprint density at radius 1 is 0.975 bits per heavy atom. The second kappa shape index (κ2) is 11.1. The first kappa shape index (κ1) is 26.7. The molecule has 0 fully saturated rings. The lowest BCUT2D eigenvalue weighted by Crippen LogP contribution is -2.30. The van der Waals surface area contributed by atoms with Crippen LogP contribution >= 0.6 is 0 Å². The number of nitrogens with zero attached hydrogens (tertiary/aromatic N) is 3. The molecule has 2 aromatic heterocycles. The minimum atomic E-state index is -0.437. The molecule has 202 valence electrons. The molecule has 4 aromatic rings. The summed E-state index contributed by atoms with van der Waals surface area (Å²) in [6.07, 6.45) is 1.61. The molecule has 0 saturated heterocycles. The third-order valence-electron chi connectivity index (χ3n) is 6.60. The lowest BCUT2D eigenvalue weighted by Gasteiger charge is -2.18. The highest BCUT2D eigenvalue weighted by Crippen LogP contribution is 2.34. The molecule has 0 atom stereocenters. The van der Waals surface area contributed by atoms with Gasteiger partial charge in [0, 0.05) is 30.3 Å². The van der Waals surface area contributed by atoms with Gasteiger partial charge in [-0.05, 0) is 60.4 Å². The Morgan fingerprint density at radius 3 is 2.45 bits per heavy atom. The van der Waals surface area contributed by atoms with E-state index in [-0.39, 0.29) is 30.3 Å². The van der Waals surface area contributed by atoms with E-state index in [9.17, 15) is 14.0 Å². The molecule has 0 aliphatic carbocycles. The summed E-state index contributed by atoms with van der Waals surface area (Å²) in [4.78, 5) is 39.5. The number of methoxy groups -OCH3 is 2. The molecule has 0 spiro atoms. The molecule has 0 bridgehead atoms. The monoisotopic (exact) mass is 539 g/mol. The quantitative estimate of drug-likeness (QED) is 0.292. The molecule has 8 nitrogen and oxygen atoms in total. The number of carbonyl (C=O) groups is 2. The zero-order chi connectivity index (χ0) is 28.4. The molecule has 5 rings (SSSR count). The van der Waals surface area contributed by atoms with Gasteiger partial charge < -0.3 is 14.2 Å². The van der Waals surface area contributed by atoms with Crippen molar-refractivity contribution < 1.29 is 28.2 Å². The first-order chi connectivity index (χ1) is 19.3. The van der Waals surface area contributed by atoms with Gasteiger partial charge in [-0.2, -0.15) is 0 Å². The van der Waals surface area contributed by atoms with E-state index < -0.39 is 5.78 Å². The molecular formula is C31H26FN3O5. The van der Waals surface area contributed by atoms with Gasteiger partial charge in [-0.1, -0.05) is 18.2 Å². The number of allylic oxidation sites excluding steroid dienone is 1. The Hall–Kier alpha value is -4.92. The van der Waals surface area contributed by atoms with Gasteiger partial charge in [0.05, 0.1) is 26.3 Å².